The van der Waals surface area contributed by atoms with E-state index in [0.717, 1.165) is 22.9 Å². The maximum atomic E-state index is 13.3. The molecule has 2 aliphatic heterocycles. The fraction of sp³-hybridized carbons (Fsp3) is 0.143. The van der Waals surface area contributed by atoms with Gasteiger partial charge in [-0.2, -0.15) is 0 Å². The number of thiocarbonyl (C=S) groups is 1. The number of hydrogen-bond acceptors (Lipinski definition) is 5. The van der Waals surface area contributed by atoms with E-state index in [4.69, 9.17) is 12.2 Å². The molecule has 6 nitrogen and oxygen atoms in total. The largest absolute Gasteiger partial charge is 0.480 e. The molecule has 0 atom stereocenters. The number of aryl methyl sites for hydroxylation is 1. The van der Waals surface area contributed by atoms with Crippen LogP contribution in [0.5, 0.6) is 0 Å². The van der Waals surface area contributed by atoms with Crippen molar-refractivity contribution in [3.63, 3.8) is 0 Å². The van der Waals surface area contributed by atoms with E-state index in [0.29, 0.717) is 21.3 Å². The summed E-state index contributed by atoms with van der Waals surface area (Å²) in [5.41, 5.74) is 3.86. The number of hydrogen-bond donors (Lipinski definition) is 1. The summed E-state index contributed by atoms with van der Waals surface area (Å²) in [6, 6.07) is 12.5. The second-order valence-corrected chi connectivity index (χ2v) is 8.38. The van der Waals surface area contributed by atoms with Crippen molar-refractivity contribution in [3.8, 4) is 0 Å². The minimum absolute atomic E-state index is 0.201. The van der Waals surface area contributed by atoms with Gasteiger partial charge in [0.15, 0.2) is 4.32 Å². The van der Waals surface area contributed by atoms with Crippen molar-refractivity contribution in [1.82, 2.24) is 0 Å². The van der Waals surface area contributed by atoms with E-state index in [2.05, 4.69) is 0 Å². The highest BCUT2D eigenvalue weighted by atomic mass is 32.2. The van der Waals surface area contributed by atoms with Gasteiger partial charge < -0.3 is 5.11 Å². The third kappa shape index (κ3) is 3.04. The Balaban J connectivity index is 1.85. The lowest BCUT2D eigenvalue weighted by Crippen LogP contribution is -2.33. The number of thioether (sulfide) groups is 1. The van der Waals surface area contributed by atoms with Gasteiger partial charge in [-0.1, -0.05) is 54.3 Å². The second kappa shape index (κ2) is 7.13. The number of nitrogens with zero attached hydrogens (tertiary/aromatic N) is 2. The summed E-state index contributed by atoms with van der Waals surface area (Å²) in [5, 5.41) is 9.20. The Morgan fingerprint density at radius 1 is 1.03 bits per heavy atom. The van der Waals surface area contributed by atoms with Gasteiger partial charge in [-0.25, -0.2) is 0 Å². The van der Waals surface area contributed by atoms with Crippen LogP contribution >= 0.6 is 24.0 Å². The number of carbonyl (C=O) groups excluding carboxylic acids is 2. The lowest BCUT2D eigenvalue weighted by molar-refractivity contribution is -0.136. The first-order valence-electron chi connectivity index (χ1n) is 8.81. The number of benzene rings is 2. The molecule has 0 saturated carbocycles. The van der Waals surface area contributed by atoms with Crippen LogP contribution in [-0.2, 0) is 14.4 Å². The molecule has 0 spiro atoms. The zero-order valence-corrected chi connectivity index (χ0v) is 17.3. The Kier molecular flexibility index (Phi) is 4.76. The molecule has 29 heavy (non-hydrogen) atoms. The summed E-state index contributed by atoms with van der Waals surface area (Å²) in [7, 11) is 0. The topological polar surface area (TPSA) is 77.9 Å². The third-order valence-corrected chi connectivity index (χ3v) is 6.40. The van der Waals surface area contributed by atoms with Crippen molar-refractivity contribution >= 4 is 63.0 Å². The number of fused-ring (bicyclic) bond motifs is 1. The number of aliphatic carboxylic acids is 1. The van der Waals surface area contributed by atoms with E-state index < -0.39 is 18.4 Å². The predicted octanol–water partition coefficient (Wildman–Crippen LogP) is 3.51. The van der Waals surface area contributed by atoms with Crippen LogP contribution in [0.25, 0.3) is 5.57 Å². The fourth-order valence-corrected chi connectivity index (χ4v) is 4.85. The zero-order chi connectivity index (χ0) is 20.9. The number of para-hydroxylation sites is 1. The summed E-state index contributed by atoms with van der Waals surface area (Å²) in [5.74, 6) is -2.00. The van der Waals surface area contributed by atoms with Gasteiger partial charge in [-0.05, 0) is 37.1 Å². The van der Waals surface area contributed by atoms with Crippen molar-refractivity contribution in [2.75, 3.05) is 16.3 Å². The lowest BCUT2D eigenvalue weighted by atomic mass is 10.1. The van der Waals surface area contributed by atoms with Gasteiger partial charge in [0, 0.05) is 5.56 Å². The van der Waals surface area contributed by atoms with Gasteiger partial charge in [-0.15, -0.1) is 0 Å². The van der Waals surface area contributed by atoms with Crippen molar-refractivity contribution in [2.45, 2.75) is 13.8 Å². The van der Waals surface area contributed by atoms with Crippen LogP contribution in [0, 0.1) is 13.8 Å². The van der Waals surface area contributed by atoms with E-state index in [1.54, 1.807) is 24.3 Å². The summed E-state index contributed by atoms with van der Waals surface area (Å²) >= 11 is 6.54. The molecule has 2 amide bonds. The first-order chi connectivity index (χ1) is 13.8. The molecule has 2 aliphatic rings. The Bertz CT molecular complexity index is 1140. The molecule has 0 bridgehead atoms. The molecule has 146 valence electrons. The van der Waals surface area contributed by atoms with E-state index in [1.807, 2.05) is 32.0 Å². The number of rotatable bonds is 3. The molecule has 4 rings (SSSR count). The maximum Gasteiger partial charge on any atom is 0.323 e. The van der Waals surface area contributed by atoms with E-state index in [9.17, 15) is 19.5 Å². The minimum atomic E-state index is -1.13. The Labute approximate surface area is 176 Å². The van der Waals surface area contributed by atoms with Crippen LogP contribution in [0.2, 0.25) is 0 Å². The number of amides is 2. The monoisotopic (exact) mass is 424 g/mol. The SMILES string of the molecule is Cc1cccc(N2C(=O)/C(=C3/C(=O)N(CC(=O)O)c4ccccc43)SC2=S)c1C. The third-order valence-electron chi connectivity index (χ3n) is 5.03. The average molecular weight is 425 g/mol. The van der Waals surface area contributed by atoms with E-state index in [-0.39, 0.29) is 16.4 Å². The molecule has 1 saturated heterocycles. The summed E-state index contributed by atoms with van der Waals surface area (Å²) in [4.78, 5) is 40.5. The van der Waals surface area contributed by atoms with Crippen molar-refractivity contribution < 1.29 is 19.5 Å². The number of anilines is 2. The molecule has 1 N–H and O–H groups in total. The fourth-order valence-electron chi connectivity index (χ4n) is 3.50. The summed E-state index contributed by atoms with van der Waals surface area (Å²) < 4.78 is 0.341. The predicted molar refractivity (Wildman–Crippen MR) is 117 cm³/mol. The molecule has 2 aromatic rings. The van der Waals surface area contributed by atoms with Crippen LogP contribution in [0.1, 0.15) is 16.7 Å². The Hall–Kier alpha value is -2.97. The van der Waals surface area contributed by atoms with Crippen molar-refractivity contribution in [1.29, 1.82) is 0 Å². The van der Waals surface area contributed by atoms with Gasteiger partial charge in [0.25, 0.3) is 11.8 Å². The van der Waals surface area contributed by atoms with Crippen molar-refractivity contribution in [2.24, 2.45) is 0 Å². The molecule has 2 heterocycles. The quantitative estimate of drug-likeness (QED) is 0.600. The smallest absolute Gasteiger partial charge is 0.323 e. The normalized spacial score (nSPS) is 18.6. The van der Waals surface area contributed by atoms with Gasteiger partial charge in [0.1, 0.15) is 6.54 Å². The van der Waals surface area contributed by atoms with Gasteiger partial charge >= 0.3 is 5.97 Å². The molecule has 0 aliphatic carbocycles. The maximum absolute atomic E-state index is 13.3. The molecular formula is C21H16N2O4S2. The molecule has 0 unspecified atom stereocenters. The number of carbonyl (C=O) groups is 3. The Morgan fingerprint density at radius 2 is 1.72 bits per heavy atom. The number of carboxylic acid groups (broad SMARTS) is 1. The highest BCUT2D eigenvalue weighted by molar-refractivity contribution is 8.27. The van der Waals surface area contributed by atoms with Gasteiger partial charge in [0.2, 0.25) is 0 Å². The first kappa shape index (κ1) is 19.4. The second-order valence-electron chi connectivity index (χ2n) is 6.73. The molecule has 2 aromatic carbocycles. The first-order valence-corrected chi connectivity index (χ1v) is 10.0. The zero-order valence-electron chi connectivity index (χ0n) is 15.6. The summed E-state index contributed by atoms with van der Waals surface area (Å²) in [6.45, 7) is 3.40. The molecule has 0 radical (unpaired) electrons. The highest BCUT2D eigenvalue weighted by Crippen LogP contribution is 2.45. The standard InChI is InChI=1S/C21H16N2O4S2/c1-11-6-5-9-14(12(11)2)23-20(27)18(29-21(23)28)17-13-7-3-4-8-15(13)22(19(17)26)10-16(24)25/h3-9H,10H2,1-2H3,(H,24,25)/b18-17-. The molecule has 0 aromatic heterocycles. The Morgan fingerprint density at radius 3 is 2.45 bits per heavy atom. The van der Waals surface area contributed by atoms with Crippen LogP contribution in [0.3, 0.4) is 0 Å². The molecule has 1 fully saturated rings. The molecular weight excluding hydrogens is 408 g/mol. The average Bonchev–Trinajstić information content (AvgIpc) is 3.11. The van der Waals surface area contributed by atoms with Crippen LogP contribution in [0.15, 0.2) is 47.4 Å². The van der Waals surface area contributed by atoms with Crippen LogP contribution < -0.4 is 9.80 Å². The summed E-state index contributed by atoms with van der Waals surface area (Å²) in [6.07, 6.45) is 0. The van der Waals surface area contributed by atoms with E-state index in [1.165, 1.54) is 9.80 Å². The van der Waals surface area contributed by atoms with Gasteiger partial charge in [-0.3, -0.25) is 24.2 Å². The number of carboxylic acids is 1. The van der Waals surface area contributed by atoms with Crippen molar-refractivity contribution in [3.05, 3.63) is 64.1 Å². The van der Waals surface area contributed by atoms with E-state index >= 15 is 0 Å². The molecule has 8 heteroatoms. The lowest BCUT2D eigenvalue weighted by Gasteiger charge is -2.18. The highest BCUT2D eigenvalue weighted by Gasteiger charge is 2.43. The van der Waals surface area contributed by atoms with Crippen LogP contribution in [-0.4, -0.2) is 33.8 Å². The van der Waals surface area contributed by atoms with Gasteiger partial charge in [0.05, 0.1) is 21.9 Å². The minimum Gasteiger partial charge on any atom is -0.480 e. The van der Waals surface area contributed by atoms with Crippen LogP contribution in [0.4, 0.5) is 11.4 Å².